The van der Waals surface area contributed by atoms with E-state index < -0.39 is 35.1 Å². The molecule has 3 aromatic carbocycles. The van der Waals surface area contributed by atoms with Crippen LogP contribution in [0.2, 0.25) is 0 Å². The molecule has 4 rings (SSSR count). The molecular weight excluding hydrogens is 457 g/mol. The number of nitrogens with zero attached hydrogens (tertiary/aromatic N) is 1. The van der Waals surface area contributed by atoms with Crippen molar-refractivity contribution in [3.05, 3.63) is 95.3 Å². The second-order valence-electron chi connectivity index (χ2n) is 8.70. The van der Waals surface area contributed by atoms with Crippen molar-refractivity contribution in [3.8, 4) is 11.1 Å². The van der Waals surface area contributed by atoms with Crippen molar-refractivity contribution < 1.29 is 27.5 Å². The highest BCUT2D eigenvalue weighted by Gasteiger charge is 2.43. The van der Waals surface area contributed by atoms with Crippen molar-refractivity contribution in [2.75, 3.05) is 6.54 Å². The highest BCUT2D eigenvalue weighted by Crippen LogP contribution is 2.40. The maximum Gasteiger partial charge on any atom is 0.411 e. The third-order valence-electron chi connectivity index (χ3n) is 6.52. The summed E-state index contributed by atoms with van der Waals surface area (Å²) in [6, 6.07) is 15.7. The first kappa shape index (κ1) is 24.3. The van der Waals surface area contributed by atoms with Gasteiger partial charge in [0.25, 0.3) is 0 Å². The van der Waals surface area contributed by atoms with Crippen molar-refractivity contribution >= 4 is 12.0 Å². The van der Waals surface area contributed by atoms with Crippen LogP contribution >= 0.6 is 0 Å². The Balaban J connectivity index is 1.53. The highest BCUT2D eigenvalue weighted by atomic mass is 19.1. The summed E-state index contributed by atoms with van der Waals surface area (Å²) >= 11 is 0. The van der Waals surface area contributed by atoms with E-state index >= 15 is 0 Å². The van der Waals surface area contributed by atoms with Crippen molar-refractivity contribution in [3.63, 3.8) is 0 Å². The van der Waals surface area contributed by atoms with Gasteiger partial charge in [0.15, 0.2) is 0 Å². The van der Waals surface area contributed by atoms with Crippen LogP contribution in [0.4, 0.5) is 18.0 Å². The highest BCUT2D eigenvalue weighted by molar-refractivity contribution is 5.74. The predicted octanol–water partition coefficient (Wildman–Crippen LogP) is 5.84. The number of carbonyl (C=O) groups is 2. The number of ether oxygens (including phenoxy) is 1. The molecule has 2 N–H and O–H groups in total. The Morgan fingerprint density at radius 1 is 1.03 bits per heavy atom. The van der Waals surface area contributed by atoms with Crippen LogP contribution in [0.3, 0.4) is 0 Å². The zero-order valence-corrected chi connectivity index (χ0v) is 19.1. The summed E-state index contributed by atoms with van der Waals surface area (Å²) in [5.41, 5.74) is 6.52. The lowest BCUT2D eigenvalue weighted by Gasteiger charge is -2.43. The Morgan fingerprint density at radius 3 is 2.29 bits per heavy atom. The molecule has 1 fully saturated rings. The number of hydrogen-bond donors (Lipinski definition) is 1. The van der Waals surface area contributed by atoms with E-state index in [1.807, 2.05) is 6.92 Å². The van der Waals surface area contributed by atoms with Crippen molar-refractivity contribution in [1.29, 1.82) is 0 Å². The number of primary amides is 1. The van der Waals surface area contributed by atoms with Crippen molar-refractivity contribution in [2.45, 2.75) is 37.8 Å². The number of hydrogen-bond acceptors (Lipinski definition) is 3. The van der Waals surface area contributed by atoms with E-state index in [0.717, 1.165) is 11.6 Å². The number of carbonyl (C=O) groups excluding carboxylic acids is 2. The zero-order chi connectivity index (χ0) is 25.2. The topological polar surface area (TPSA) is 72.6 Å². The van der Waals surface area contributed by atoms with Crippen LogP contribution in [0.1, 0.15) is 43.4 Å². The minimum Gasteiger partial charge on any atom is -0.438 e. The number of cyclic esters (lactones) is 1. The molecule has 2 atom stereocenters. The van der Waals surface area contributed by atoms with Gasteiger partial charge in [-0.2, -0.15) is 0 Å². The molecule has 1 aliphatic rings. The second kappa shape index (κ2) is 9.82. The lowest BCUT2D eigenvalue weighted by atomic mass is 9.84. The first-order valence-corrected chi connectivity index (χ1v) is 11.3. The van der Waals surface area contributed by atoms with Gasteiger partial charge in [-0.1, -0.05) is 36.4 Å². The Labute approximate surface area is 201 Å². The van der Waals surface area contributed by atoms with Crippen LogP contribution in [-0.4, -0.2) is 23.4 Å². The molecule has 0 unspecified atom stereocenters. The van der Waals surface area contributed by atoms with Gasteiger partial charge in [-0.3, -0.25) is 4.79 Å². The fraction of sp³-hybridized carbons (Fsp3) is 0.259. The molecular formula is C27H25F3N2O3. The average molecular weight is 483 g/mol. The molecule has 1 aliphatic heterocycles. The predicted molar refractivity (Wildman–Crippen MR) is 125 cm³/mol. The van der Waals surface area contributed by atoms with Crippen LogP contribution in [0.5, 0.6) is 0 Å². The van der Waals surface area contributed by atoms with Gasteiger partial charge in [-0.25, -0.2) is 18.0 Å². The Kier molecular flexibility index (Phi) is 6.82. The van der Waals surface area contributed by atoms with Gasteiger partial charge >= 0.3 is 6.09 Å². The van der Waals surface area contributed by atoms with Crippen LogP contribution < -0.4 is 5.73 Å². The minimum absolute atomic E-state index is 0.0155. The number of nitrogens with two attached hydrogens (primary N) is 1. The smallest absolute Gasteiger partial charge is 0.411 e. The van der Waals surface area contributed by atoms with Crippen LogP contribution in [-0.2, 0) is 15.1 Å². The van der Waals surface area contributed by atoms with Crippen LogP contribution in [0.25, 0.3) is 11.1 Å². The zero-order valence-electron chi connectivity index (χ0n) is 19.1. The van der Waals surface area contributed by atoms with E-state index in [1.165, 1.54) is 24.3 Å². The van der Waals surface area contributed by atoms with E-state index in [9.17, 15) is 22.8 Å². The fourth-order valence-electron chi connectivity index (χ4n) is 4.47. The normalized spacial score (nSPS) is 18.7. The molecule has 2 amide bonds. The molecule has 3 aromatic rings. The molecule has 182 valence electrons. The molecule has 1 saturated heterocycles. The van der Waals surface area contributed by atoms with E-state index in [-0.39, 0.29) is 24.4 Å². The largest absolute Gasteiger partial charge is 0.438 e. The summed E-state index contributed by atoms with van der Waals surface area (Å²) in [6.45, 7) is 2.19. The Bertz CT molecular complexity index is 1230. The molecule has 35 heavy (non-hydrogen) atoms. The number of amides is 2. The van der Waals surface area contributed by atoms with E-state index in [1.54, 1.807) is 41.3 Å². The maximum atomic E-state index is 14.1. The molecule has 0 aromatic heterocycles. The quantitative estimate of drug-likeness (QED) is 0.460. The summed E-state index contributed by atoms with van der Waals surface area (Å²) in [4.78, 5) is 26.1. The number of halogens is 3. The molecule has 8 heteroatoms. The summed E-state index contributed by atoms with van der Waals surface area (Å²) in [6.07, 6.45) is 0.0358. The summed E-state index contributed by atoms with van der Waals surface area (Å²) < 4.78 is 46.7. The van der Waals surface area contributed by atoms with Gasteiger partial charge in [0.05, 0.1) is 6.04 Å². The monoisotopic (exact) mass is 482 g/mol. The molecule has 0 radical (unpaired) electrons. The van der Waals surface area contributed by atoms with Gasteiger partial charge in [-0.05, 0) is 47.9 Å². The minimum atomic E-state index is -1.08. The lowest BCUT2D eigenvalue weighted by molar-refractivity contribution is -0.121. The molecule has 0 bridgehead atoms. The van der Waals surface area contributed by atoms with Gasteiger partial charge in [0.2, 0.25) is 5.91 Å². The van der Waals surface area contributed by atoms with E-state index in [2.05, 4.69) is 0 Å². The van der Waals surface area contributed by atoms with Crippen LogP contribution in [0, 0.1) is 17.5 Å². The molecule has 0 aliphatic carbocycles. The van der Waals surface area contributed by atoms with Gasteiger partial charge in [0.1, 0.15) is 23.1 Å². The van der Waals surface area contributed by atoms with Crippen molar-refractivity contribution in [1.82, 2.24) is 4.90 Å². The lowest BCUT2D eigenvalue weighted by Crippen LogP contribution is -2.49. The van der Waals surface area contributed by atoms with Crippen molar-refractivity contribution in [2.24, 2.45) is 5.73 Å². The van der Waals surface area contributed by atoms with Gasteiger partial charge < -0.3 is 15.4 Å². The number of rotatable bonds is 7. The third kappa shape index (κ3) is 5.16. The molecule has 0 spiro atoms. The van der Waals surface area contributed by atoms with E-state index in [4.69, 9.17) is 10.5 Å². The van der Waals surface area contributed by atoms with Crippen LogP contribution in [0.15, 0.2) is 66.7 Å². The molecule has 5 nitrogen and oxygen atoms in total. The standard InChI is InChI=1S/C27H25F3N2O3/c1-17(18-2-4-19(5-3-18)23-11-10-22(29)16-24(23)30)32-15-14-27(35-26(32)34,13-12-25(31)33)20-6-8-21(28)9-7-20/h2-11,16-17H,12-15H2,1H3,(H2,31,33)/t17-,27-/m0/s1. The maximum absolute atomic E-state index is 14.1. The third-order valence-corrected chi connectivity index (χ3v) is 6.52. The fourth-order valence-corrected chi connectivity index (χ4v) is 4.47. The van der Waals surface area contributed by atoms with E-state index in [0.29, 0.717) is 24.1 Å². The summed E-state index contributed by atoms with van der Waals surface area (Å²) in [7, 11) is 0. The number of benzene rings is 3. The first-order valence-electron chi connectivity index (χ1n) is 11.3. The molecule has 0 saturated carbocycles. The summed E-state index contributed by atoms with van der Waals surface area (Å²) in [5, 5.41) is 0. The summed E-state index contributed by atoms with van der Waals surface area (Å²) in [5.74, 6) is -2.23. The first-order chi connectivity index (χ1) is 16.7. The van der Waals surface area contributed by atoms with Gasteiger partial charge in [0, 0.05) is 37.4 Å². The Hall–Kier alpha value is -3.81. The van der Waals surface area contributed by atoms with Gasteiger partial charge in [-0.15, -0.1) is 0 Å². The molecule has 1 heterocycles. The second-order valence-corrected chi connectivity index (χ2v) is 8.70. The Morgan fingerprint density at radius 2 is 1.69 bits per heavy atom. The SMILES string of the molecule is C[C@@H](c1ccc(-c2ccc(F)cc2F)cc1)N1CC[C@@](CCC(N)=O)(c2ccc(F)cc2)OC1=O. The average Bonchev–Trinajstić information content (AvgIpc) is 2.83.